The molecule has 14 heavy (non-hydrogen) atoms. The van der Waals surface area contributed by atoms with Crippen LogP contribution in [-0.4, -0.2) is 28.8 Å². The second-order valence-corrected chi connectivity index (χ2v) is 3.22. The van der Waals surface area contributed by atoms with Crippen LogP contribution in [-0.2, 0) is 11.8 Å². The number of hydrogen-bond donors (Lipinski definition) is 2. The lowest BCUT2D eigenvalue weighted by atomic mass is 10.4. The lowest BCUT2D eigenvalue weighted by molar-refractivity contribution is -0.105. The number of anilines is 1. The molecular formula is C7H10BrN5O. The molecule has 0 unspecified atom stereocenters. The number of halogens is 1. The average molecular weight is 260 g/mol. The Morgan fingerprint density at radius 1 is 1.79 bits per heavy atom. The number of amides is 1. The van der Waals surface area contributed by atoms with Crippen LogP contribution in [0.2, 0.25) is 0 Å². The Kier molecular flexibility index (Phi) is 3.23. The van der Waals surface area contributed by atoms with Gasteiger partial charge in [0.1, 0.15) is 17.3 Å². The number of nitrogens with one attached hydrogen (secondary N) is 1. The van der Waals surface area contributed by atoms with E-state index in [2.05, 4.69) is 31.2 Å². The highest BCUT2D eigenvalue weighted by atomic mass is 79.9. The van der Waals surface area contributed by atoms with E-state index in [1.165, 1.54) is 0 Å². The predicted molar refractivity (Wildman–Crippen MR) is 57.2 cm³/mol. The van der Waals surface area contributed by atoms with Gasteiger partial charge >= 0.3 is 0 Å². The number of carbonyl (C=O) groups excluding carboxylic acids is 1. The summed E-state index contributed by atoms with van der Waals surface area (Å²) >= 11 is 3.22. The molecule has 1 heterocycles. The summed E-state index contributed by atoms with van der Waals surface area (Å²) in [4.78, 5) is 18.3. The first-order valence-corrected chi connectivity index (χ1v) is 4.56. The number of nitrogens with two attached hydrogens (primary N) is 1. The van der Waals surface area contributed by atoms with Crippen LogP contribution >= 0.6 is 15.9 Å². The van der Waals surface area contributed by atoms with Crippen LogP contribution in [0.4, 0.5) is 5.82 Å². The van der Waals surface area contributed by atoms with Crippen molar-refractivity contribution in [2.45, 2.75) is 0 Å². The van der Waals surface area contributed by atoms with Crippen molar-refractivity contribution in [3.63, 3.8) is 0 Å². The molecule has 7 heteroatoms. The standard InChI is InChI=1S/C7H10BrN5O/c1-10-5(9)4-6(11-3-14)13(2)7(8)12-4/h3H,1-2H3,(H2,9,10)(H,11,14). The van der Waals surface area contributed by atoms with Crippen LogP contribution in [0.3, 0.4) is 0 Å². The number of rotatable bonds is 3. The van der Waals surface area contributed by atoms with E-state index in [1.807, 2.05) is 0 Å². The lowest BCUT2D eigenvalue weighted by Gasteiger charge is -2.02. The van der Waals surface area contributed by atoms with Crippen molar-refractivity contribution in [2.75, 3.05) is 12.4 Å². The number of aliphatic imine (C=N–C) groups is 1. The fourth-order valence-corrected chi connectivity index (χ4v) is 1.33. The van der Waals surface area contributed by atoms with E-state index in [0.29, 0.717) is 22.7 Å². The van der Waals surface area contributed by atoms with Gasteiger partial charge in [-0.2, -0.15) is 0 Å². The fraction of sp³-hybridized carbons (Fsp3) is 0.286. The summed E-state index contributed by atoms with van der Waals surface area (Å²) < 4.78 is 2.23. The quantitative estimate of drug-likeness (QED) is 0.458. The van der Waals surface area contributed by atoms with Crippen LogP contribution in [0, 0.1) is 0 Å². The minimum atomic E-state index is 0.274. The van der Waals surface area contributed by atoms with Gasteiger partial charge in [0, 0.05) is 14.1 Å². The number of nitrogens with zero attached hydrogens (tertiary/aromatic N) is 3. The maximum absolute atomic E-state index is 10.4. The normalized spacial score (nSPS) is 11.5. The second-order valence-electron chi connectivity index (χ2n) is 2.51. The molecule has 1 amide bonds. The molecule has 0 radical (unpaired) electrons. The van der Waals surface area contributed by atoms with Gasteiger partial charge in [0.15, 0.2) is 4.73 Å². The number of hydrogen-bond acceptors (Lipinski definition) is 3. The third kappa shape index (κ3) is 1.77. The Hall–Kier alpha value is -1.37. The van der Waals surface area contributed by atoms with Gasteiger partial charge in [-0.15, -0.1) is 0 Å². The molecule has 0 aliphatic rings. The van der Waals surface area contributed by atoms with Crippen molar-refractivity contribution in [3.8, 4) is 0 Å². The predicted octanol–water partition coefficient (Wildman–Crippen LogP) is 0.0860. The van der Waals surface area contributed by atoms with Crippen molar-refractivity contribution >= 4 is 34.0 Å². The van der Waals surface area contributed by atoms with Crippen molar-refractivity contribution in [2.24, 2.45) is 17.8 Å². The van der Waals surface area contributed by atoms with Crippen molar-refractivity contribution in [1.29, 1.82) is 0 Å². The molecule has 0 aliphatic heterocycles. The first-order valence-electron chi connectivity index (χ1n) is 3.76. The molecule has 0 spiro atoms. The lowest BCUT2D eigenvalue weighted by Crippen LogP contribution is -2.16. The van der Waals surface area contributed by atoms with Gasteiger partial charge < -0.3 is 15.6 Å². The molecule has 0 saturated carbocycles. The van der Waals surface area contributed by atoms with Crippen LogP contribution in [0.15, 0.2) is 9.73 Å². The third-order valence-electron chi connectivity index (χ3n) is 1.72. The Labute approximate surface area is 89.3 Å². The van der Waals surface area contributed by atoms with Crippen molar-refractivity contribution in [3.05, 3.63) is 10.4 Å². The topological polar surface area (TPSA) is 85.3 Å². The van der Waals surface area contributed by atoms with Gasteiger partial charge in [-0.25, -0.2) is 4.98 Å². The SMILES string of the molecule is CN=C(N)c1nc(Br)n(C)c1NC=O. The summed E-state index contributed by atoms with van der Waals surface area (Å²) in [5, 5.41) is 2.51. The first-order chi connectivity index (χ1) is 6.61. The molecular weight excluding hydrogens is 250 g/mol. The second kappa shape index (κ2) is 4.23. The molecule has 0 aromatic carbocycles. The fourth-order valence-electron chi connectivity index (χ4n) is 0.977. The molecule has 0 atom stereocenters. The number of amidine groups is 1. The molecule has 1 rings (SSSR count). The molecule has 1 aromatic heterocycles. The van der Waals surface area contributed by atoms with E-state index < -0.39 is 0 Å². The van der Waals surface area contributed by atoms with Gasteiger partial charge in [0.25, 0.3) is 0 Å². The summed E-state index contributed by atoms with van der Waals surface area (Å²) in [6.07, 6.45) is 0.565. The van der Waals surface area contributed by atoms with E-state index in [4.69, 9.17) is 5.73 Å². The molecule has 0 aliphatic carbocycles. The van der Waals surface area contributed by atoms with E-state index >= 15 is 0 Å². The summed E-state index contributed by atoms with van der Waals surface area (Å²) in [6.45, 7) is 0. The smallest absolute Gasteiger partial charge is 0.212 e. The molecule has 76 valence electrons. The van der Waals surface area contributed by atoms with Gasteiger partial charge in [-0.3, -0.25) is 9.79 Å². The van der Waals surface area contributed by atoms with Crippen molar-refractivity contribution < 1.29 is 4.79 Å². The van der Waals surface area contributed by atoms with E-state index in [-0.39, 0.29) is 5.84 Å². The van der Waals surface area contributed by atoms with Crippen LogP contribution in [0.25, 0.3) is 0 Å². The molecule has 1 aromatic rings. The average Bonchev–Trinajstić information content (AvgIpc) is 2.45. The van der Waals surface area contributed by atoms with E-state index in [0.717, 1.165) is 0 Å². The molecule has 0 fully saturated rings. The summed E-state index contributed by atoms with van der Waals surface area (Å²) in [6, 6.07) is 0. The highest BCUT2D eigenvalue weighted by Crippen LogP contribution is 2.19. The van der Waals surface area contributed by atoms with Gasteiger partial charge in [-0.05, 0) is 15.9 Å². The van der Waals surface area contributed by atoms with Gasteiger partial charge in [-0.1, -0.05) is 0 Å². The largest absolute Gasteiger partial charge is 0.382 e. The molecule has 6 nitrogen and oxygen atoms in total. The summed E-state index contributed by atoms with van der Waals surface area (Å²) in [5.41, 5.74) is 6.06. The zero-order valence-corrected chi connectivity index (χ0v) is 9.37. The van der Waals surface area contributed by atoms with Crippen LogP contribution < -0.4 is 11.1 Å². The highest BCUT2D eigenvalue weighted by molar-refractivity contribution is 9.10. The van der Waals surface area contributed by atoms with Gasteiger partial charge in [0.05, 0.1) is 0 Å². The minimum Gasteiger partial charge on any atom is -0.382 e. The number of carbonyl (C=O) groups is 1. The molecule has 3 N–H and O–H groups in total. The minimum absolute atomic E-state index is 0.274. The Balaban J connectivity index is 3.28. The molecule has 0 bridgehead atoms. The van der Waals surface area contributed by atoms with E-state index in [1.54, 1.807) is 18.7 Å². The maximum atomic E-state index is 10.4. The zero-order valence-electron chi connectivity index (χ0n) is 7.78. The summed E-state index contributed by atoms with van der Waals surface area (Å²) in [5.74, 6) is 0.783. The van der Waals surface area contributed by atoms with E-state index in [9.17, 15) is 4.79 Å². The zero-order chi connectivity index (χ0) is 10.7. The Morgan fingerprint density at radius 2 is 2.43 bits per heavy atom. The highest BCUT2D eigenvalue weighted by Gasteiger charge is 2.15. The molecule has 0 saturated heterocycles. The summed E-state index contributed by atoms with van der Waals surface area (Å²) in [7, 11) is 3.30. The first kappa shape index (κ1) is 10.7. The Morgan fingerprint density at radius 3 is 2.93 bits per heavy atom. The number of aromatic nitrogens is 2. The van der Waals surface area contributed by atoms with Crippen LogP contribution in [0.1, 0.15) is 5.69 Å². The third-order valence-corrected chi connectivity index (χ3v) is 2.43. The maximum Gasteiger partial charge on any atom is 0.212 e. The monoisotopic (exact) mass is 259 g/mol. The Bertz CT molecular complexity index is 384. The number of imidazole rings is 1. The van der Waals surface area contributed by atoms with Crippen molar-refractivity contribution in [1.82, 2.24) is 9.55 Å². The van der Waals surface area contributed by atoms with Gasteiger partial charge in [0.2, 0.25) is 6.41 Å². The van der Waals surface area contributed by atoms with Crippen LogP contribution in [0.5, 0.6) is 0 Å².